The Morgan fingerprint density at radius 2 is 1.83 bits per heavy atom. The van der Waals surface area contributed by atoms with Gasteiger partial charge in [0.2, 0.25) is 0 Å². The summed E-state index contributed by atoms with van der Waals surface area (Å²) in [6.07, 6.45) is 1.13. The van der Waals surface area contributed by atoms with Gasteiger partial charge in [-0.2, -0.15) is 0 Å². The Morgan fingerprint density at radius 3 is 2.57 bits per heavy atom. The lowest BCUT2D eigenvalue weighted by Gasteiger charge is -2.28. The summed E-state index contributed by atoms with van der Waals surface area (Å²) in [5.74, 6) is -0.880. The number of hydrogen-bond donors (Lipinski definition) is 2. The van der Waals surface area contributed by atoms with E-state index in [1.54, 1.807) is 12.1 Å². The minimum atomic E-state index is -0.880. The Labute approximate surface area is 136 Å². The molecular weight excluding hydrogens is 288 g/mol. The van der Waals surface area contributed by atoms with E-state index in [1.165, 1.54) is 11.1 Å². The Balaban J connectivity index is 1.41. The molecule has 23 heavy (non-hydrogen) atoms. The second-order valence-electron chi connectivity index (χ2n) is 5.97. The zero-order valence-electron chi connectivity index (χ0n) is 13.2. The summed E-state index contributed by atoms with van der Waals surface area (Å²) in [4.78, 5) is 13.3. The third-order valence-electron chi connectivity index (χ3n) is 4.34. The fraction of sp³-hybridized carbons (Fsp3) is 0.316. The molecule has 2 N–H and O–H groups in total. The van der Waals surface area contributed by atoms with Crippen LogP contribution in [-0.2, 0) is 19.5 Å². The molecule has 0 aliphatic carbocycles. The van der Waals surface area contributed by atoms with Gasteiger partial charge in [0.1, 0.15) is 0 Å². The molecule has 1 heterocycles. The topological polar surface area (TPSA) is 52.6 Å². The summed E-state index contributed by atoms with van der Waals surface area (Å²) >= 11 is 0. The fourth-order valence-corrected chi connectivity index (χ4v) is 2.98. The molecule has 3 rings (SSSR count). The molecule has 0 spiro atoms. The van der Waals surface area contributed by atoms with Crippen LogP contribution < -0.4 is 5.32 Å². The van der Waals surface area contributed by atoms with Crippen molar-refractivity contribution in [2.45, 2.75) is 19.5 Å². The summed E-state index contributed by atoms with van der Waals surface area (Å²) < 4.78 is 0. The van der Waals surface area contributed by atoms with Crippen molar-refractivity contribution in [3.63, 3.8) is 0 Å². The van der Waals surface area contributed by atoms with Gasteiger partial charge in [0, 0.05) is 32.7 Å². The lowest BCUT2D eigenvalue weighted by molar-refractivity contribution is 0.0697. The first kappa shape index (κ1) is 15.7. The summed E-state index contributed by atoms with van der Waals surface area (Å²) in [5.41, 5.74) is 4.37. The van der Waals surface area contributed by atoms with E-state index < -0.39 is 5.97 Å². The lowest BCUT2D eigenvalue weighted by Crippen LogP contribution is -2.35. The largest absolute Gasteiger partial charge is 0.478 e. The summed E-state index contributed by atoms with van der Waals surface area (Å²) in [6.45, 7) is 4.88. The van der Waals surface area contributed by atoms with Crippen LogP contribution in [0.5, 0.6) is 0 Å². The van der Waals surface area contributed by atoms with E-state index in [2.05, 4.69) is 34.5 Å². The Morgan fingerprint density at radius 1 is 1.09 bits per heavy atom. The maximum atomic E-state index is 10.8. The molecule has 0 fully saturated rings. The van der Waals surface area contributed by atoms with Crippen molar-refractivity contribution in [1.82, 2.24) is 10.2 Å². The molecule has 0 aromatic heterocycles. The molecule has 0 radical (unpaired) electrons. The number of aromatic carboxylic acids is 1. The Kier molecular flexibility index (Phi) is 5.05. The van der Waals surface area contributed by atoms with Crippen LogP contribution in [0.1, 0.15) is 27.0 Å². The van der Waals surface area contributed by atoms with Crippen LogP contribution >= 0.6 is 0 Å². The van der Waals surface area contributed by atoms with Gasteiger partial charge in [-0.3, -0.25) is 4.90 Å². The molecule has 4 nitrogen and oxygen atoms in total. The van der Waals surface area contributed by atoms with E-state index in [4.69, 9.17) is 5.11 Å². The summed E-state index contributed by atoms with van der Waals surface area (Å²) in [5, 5.41) is 12.3. The predicted molar refractivity (Wildman–Crippen MR) is 90.5 cm³/mol. The first-order valence-electron chi connectivity index (χ1n) is 8.04. The molecule has 2 aromatic rings. The van der Waals surface area contributed by atoms with Crippen LogP contribution in [0.2, 0.25) is 0 Å². The molecule has 1 aliphatic rings. The average molecular weight is 310 g/mol. The number of carboxylic acid groups (broad SMARTS) is 1. The second-order valence-corrected chi connectivity index (χ2v) is 5.97. The van der Waals surface area contributed by atoms with E-state index in [0.717, 1.165) is 44.7 Å². The lowest BCUT2D eigenvalue weighted by atomic mass is 10.00. The molecule has 2 aromatic carbocycles. The van der Waals surface area contributed by atoms with E-state index in [0.29, 0.717) is 5.56 Å². The highest BCUT2D eigenvalue weighted by Crippen LogP contribution is 2.17. The molecule has 0 bridgehead atoms. The Bertz CT molecular complexity index is 667. The number of carboxylic acids is 1. The van der Waals surface area contributed by atoms with Gasteiger partial charge in [0.25, 0.3) is 0 Å². The van der Waals surface area contributed by atoms with Gasteiger partial charge in [0.15, 0.2) is 0 Å². The molecule has 0 amide bonds. The quantitative estimate of drug-likeness (QED) is 0.805. The minimum Gasteiger partial charge on any atom is -0.478 e. The van der Waals surface area contributed by atoms with E-state index >= 15 is 0 Å². The van der Waals surface area contributed by atoms with E-state index in [9.17, 15) is 4.79 Å². The number of nitrogens with one attached hydrogen (secondary N) is 1. The maximum Gasteiger partial charge on any atom is 0.335 e. The highest BCUT2D eigenvalue weighted by molar-refractivity contribution is 5.87. The van der Waals surface area contributed by atoms with Gasteiger partial charge >= 0.3 is 5.97 Å². The maximum absolute atomic E-state index is 10.8. The third kappa shape index (κ3) is 4.18. The van der Waals surface area contributed by atoms with Crippen LogP contribution in [0.4, 0.5) is 0 Å². The van der Waals surface area contributed by atoms with Crippen LogP contribution in [0.25, 0.3) is 0 Å². The van der Waals surface area contributed by atoms with Crippen molar-refractivity contribution in [3.05, 3.63) is 70.8 Å². The van der Waals surface area contributed by atoms with Gasteiger partial charge in [-0.15, -0.1) is 0 Å². The second kappa shape index (κ2) is 7.40. The van der Waals surface area contributed by atoms with Crippen molar-refractivity contribution < 1.29 is 9.90 Å². The fourth-order valence-electron chi connectivity index (χ4n) is 2.98. The first-order chi connectivity index (χ1) is 11.2. The summed E-state index contributed by atoms with van der Waals surface area (Å²) in [7, 11) is 0. The van der Waals surface area contributed by atoms with Gasteiger partial charge in [-0.25, -0.2) is 4.79 Å². The number of carbonyl (C=O) groups is 1. The number of nitrogens with zero attached hydrogens (tertiary/aromatic N) is 1. The number of hydrogen-bond acceptors (Lipinski definition) is 3. The zero-order chi connectivity index (χ0) is 16.1. The molecule has 0 unspecified atom stereocenters. The molecule has 120 valence electrons. The number of fused-ring (bicyclic) bond motifs is 1. The van der Waals surface area contributed by atoms with Crippen molar-refractivity contribution in [2.24, 2.45) is 0 Å². The molecule has 4 heteroatoms. The first-order valence-corrected chi connectivity index (χ1v) is 8.04. The predicted octanol–water partition coefficient (Wildman–Crippen LogP) is 2.53. The molecule has 1 aliphatic heterocycles. The van der Waals surface area contributed by atoms with Crippen molar-refractivity contribution >= 4 is 5.97 Å². The van der Waals surface area contributed by atoms with E-state index in [-0.39, 0.29) is 0 Å². The molecular formula is C19H22N2O2. The van der Waals surface area contributed by atoms with Crippen molar-refractivity contribution in [3.8, 4) is 0 Å². The van der Waals surface area contributed by atoms with Crippen molar-refractivity contribution in [2.75, 3.05) is 19.6 Å². The highest BCUT2D eigenvalue weighted by Gasteiger charge is 2.14. The smallest absolute Gasteiger partial charge is 0.335 e. The van der Waals surface area contributed by atoms with Crippen LogP contribution in [0, 0.1) is 0 Å². The summed E-state index contributed by atoms with van der Waals surface area (Å²) in [6, 6.07) is 15.7. The van der Waals surface area contributed by atoms with Crippen LogP contribution in [-0.4, -0.2) is 35.6 Å². The average Bonchev–Trinajstić information content (AvgIpc) is 2.59. The van der Waals surface area contributed by atoms with Gasteiger partial charge in [-0.1, -0.05) is 36.4 Å². The van der Waals surface area contributed by atoms with E-state index in [1.807, 2.05) is 12.1 Å². The van der Waals surface area contributed by atoms with Crippen LogP contribution in [0.3, 0.4) is 0 Å². The number of rotatable bonds is 6. The molecule has 0 atom stereocenters. The molecule has 0 saturated heterocycles. The number of benzene rings is 2. The normalized spacial score (nSPS) is 14.4. The van der Waals surface area contributed by atoms with Crippen molar-refractivity contribution in [1.29, 1.82) is 0 Å². The van der Waals surface area contributed by atoms with Gasteiger partial charge in [0.05, 0.1) is 5.56 Å². The third-order valence-corrected chi connectivity index (χ3v) is 4.34. The van der Waals surface area contributed by atoms with Gasteiger partial charge < -0.3 is 10.4 Å². The SMILES string of the molecule is O=C(O)c1ccc(CNCCN2CCc3ccccc3C2)cc1. The van der Waals surface area contributed by atoms with Gasteiger partial charge in [-0.05, 0) is 35.2 Å². The monoisotopic (exact) mass is 310 g/mol. The standard InChI is InChI=1S/C19H22N2O2/c22-19(23)17-7-5-15(6-8-17)13-20-10-12-21-11-9-16-3-1-2-4-18(16)14-21/h1-8,20H,9-14H2,(H,22,23). The molecule has 0 saturated carbocycles. The zero-order valence-corrected chi connectivity index (χ0v) is 13.2. The minimum absolute atomic E-state index is 0.334. The van der Waals surface area contributed by atoms with Crippen LogP contribution in [0.15, 0.2) is 48.5 Å². The Hall–Kier alpha value is -2.17. The highest BCUT2D eigenvalue weighted by atomic mass is 16.4.